The van der Waals surface area contributed by atoms with Crippen molar-refractivity contribution in [2.75, 3.05) is 5.32 Å². The van der Waals surface area contributed by atoms with Gasteiger partial charge in [-0.3, -0.25) is 9.78 Å². The van der Waals surface area contributed by atoms with Crippen LogP contribution in [0.5, 0.6) is 0 Å². The fraction of sp³-hybridized carbons (Fsp3) is 0.250. The third-order valence-electron chi connectivity index (χ3n) is 2.56. The van der Waals surface area contributed by atoms with Gasteiger partial charge in [-0.05, 0) is 25.0 Å². The molecule has 0 aromatic carbocycles. The van der Waals surface area contributed by atoms with Crippen LogP contribution in [0.2, 0.25) is 0 Å². The topological polar surface area (TPSA) is 66.9 Å². The summed E-state index contributed by atoms with van der Waals surface area (Å²) in [7, 11) is 0. The minimum atomic E-state index is -0.0898. The van der Waals surface area contributed by atoms with Crippen molar-refractivity contribution in [2.24, 2.45) is 0 Å². The smallest absolute Gasteiger partial charge is 0.271 e. The van der Waals surface area contributed by atoms with Gasteiger partial charge in [0, 0.05) is 17.6 Å². The molecule has 0 aliphatic heterocycles. The summed E-state index contributed by atoms with van der Waals surface area (Å²) in [6.07, 6.45) is 5.58. The monoisotopic (exact) mass is 260 g/mol. The van der Waals surface area contributed by atoms with Crippen LogP contribution < -0.4 is 10.6 Å². The molecule has 0 bridgehead atoms. The molecule has 0 unspecified atom stereocenters. The van der Waals surface area contributed by atoms with Crippen molar-refractivity contribution in [3.05, 3.63) is 35.6 Å². The molecule has 92 valence electrons. The molecule has 3 rings (SSSR count). The average molecular weight is 260 g/mol. The molecule has 2 aromatic rings. The first kappa shape index (κ1) is 11.2. The van der Waals surface area contributed by atoms with Crippen LogP contribution in [-0.4, -0.2) is 21.9 Å². The van der Waals surface area contributed by atoms with Crippen molar-refractivity contribution in [2.45, 2.75) is 18.9 Å². The number of aromatic nitrogens is 2. The van der Waals surface area contributed by atoms with E-state index in [1.54, 1.807) is 17.8 Å². The molecular weight excluding hydrogens is 248 g/mol. The van der Waals surface area contributed by atoms with Crippen molar-refractivity contribution >= 4 is 28.1 Å². The summed E-state index contributed by atoms with van der Waals surface area (Å²) in [5, 5.41) is 8.48. The molecule has 2 aromatic heterocycles. The predicted molar refractivity (Wildman–Crippen MR) is 70.1 cm³/mol. The van der Waals surface area contributed by atoms with Crippen LogP contribution in [0.1, 0.15) is 23.3 Å². The molecule has 0 spiro atoms. The molecule has 2 heterocycles. The van der Waals surface area contributed by atoms with Crippen LogP contribution in [0.3, 0.4) is 0 Å². The van der Waals surface area contributed by atoms with E-state index in [2.05, 4.69) is 20.6 Å². The summed E-state index contributed by atoms with van der Waals surface area (Å²) in [4.78, 5) is 20.0. The molecule has 5 nitrogen and oxygen atoms in total. The van der Waals surface area contributed by atoms with Gasteiger partial charge in [0.15, 0.2) is 5.13 Å². The van der Waals surface area contributed by atoms with Crippen molar-refractivity contribution in [3.8, 4) is 0 Å². The number of carbonyl (C=O) groups is 1. The van der Waals surface area contributed by atoms with Gasteiger partial charge in [-0.2, -0.15) is 0 Å². The SMILES string of the molecule is O=C(NC1CC1)c1csc(Nc2cccnc2)n1. The zero-order valence-corrected chi connectivity index (χ0v) is 10.4. The van der Waals surface area contributed by atoms with E-state index in [-0.39, 0.29) is 5.91 Å². The number of thiazole rings is 1. The maximum Gasteiger partial charge on any atom is 0.271 e. The second kappa shape index (κ2) is 4.73. The van der Waals surface area contributed by atoms with Crippen LogP contribution in [0, 0.1) is 0 Å². The number of hydrogen-bond acceptors (Lipinski definition) is 5. The number of anilines is 2. The summed E-state index contributed by atoms with van der Waals surface area (Å²) in [6, 6.07) is 4.10. The summed E-state index contributed by atoms with van der Waals surface area (Å²) in [6.45, 7) is 0. The van der Waals surface area contributed by atoms with E-state index in [0.29, 0.717) is 16.9 Å². The van der Waals surface area contributed by atoms with Crippen LogP contribution in [0.25, 0.3) is 0 Å². The van der Waals surface area contributed by atoms with Crippen LogP contribution in [0.4, 0.5) is 10.8 Å². The van der Waals surface area contributed by atoms with E-state index in [0.717, 1.165) is 18.5 Å². The number of nitrogens with one attached hydrogen (secondary N) is 2. The van der Waals surface area contributed by atoms with E-state index in [1.807, 2.05) is 12.1 Å². The number of nitrogens with zero attached hydrogens (tertiary/aromatic N) is 2. The summed E-state index contributed by atoms with van der Waals surface area (Å²) < 4.78 is 0. The lowest BCUT2D eigenvalue weighted by Crippen LogP contribution is -2.25. The fourth-order valence-electron chi connectivity index (χ4n) is 1.48. The van der Waals surface area contributed by atoms with Gasteiger partial charge >= 0.3 is 0 Å². The highest BCUT2D eigenvalue weighted by molar-refractivity contribution is 7.14. The van der Waals surface area contributed by atoms with E-state index in [4.69, 9.17) is 0 Å². The molecule has 0 atom stereocenters. The summed E-state index contributed by atoms with van der Waals surface area (Å²) >= 11 is 1.41. The Bertz CT molecular complexity index is 550. The van der Waals surface area contributed by atoms with Crippen LogP contribution in [-0.2, 0) is 0 Å². The largest absolute Gasteiger partial charge is 0.348 e. The molecule has 1 aliphatic carbocycles. The average Bonchev–Trinajstić information content (AvgIpc) is 3.07. The molecule has 1 amide bonds. The van der Waals surface area contributed by atoms with Crippen molar-refractivity contribution in [1.82, 2.24) is 15.3 Å². The normalized spacial score (nSPS) is 14.2. The van der Waals surface area contributed by atoms with E-state index < -0.39 is 0 Å². The van der Waals surface area contributed by atoms with Gasteiger partial charge in [0.1, 0.15) is 5.69 Å². The van der Waals surface area contributed by atoms with Gasteiger partial charge in [-0.15, -0.1) is 11.3 Å². The third kappa shape index (κ3) is 2.65. The second-order valence-electron chi connectivity index (χ2n) is 4.15. The Morgan fingerprint density at radius 3 is 3.06 bits per heavy atom. The second-order valence-corrected chi connectivity index (χ2v) is 5.01. The number of amides is 1. The highest BCUT2D eigenvalue weighted by atomic mass is 32.1. The Labute approximate surface area is 108 Å². The van der Waals surface area contributed by atoms with Gasteiger partial charge in [-0.25, -0.2) is 4.98 Å². The predicted octanol–water partition coefficient (Wildman–Crippen LogP) is 2.17. The van der Waals surface area contributed by atoms with E-state index in [9.17, 15) is 4.79 Å². The Kier molecular flexibility index (Phi) is 2.93. The minimum absolute atomic E-state index is 0.0898. The van der Waals surface area contributed by atoms with Gasteiger partial charge in [0.25, 0.3) is 5.91 Å². The zero-order valence-electron chi connectivity index (χ0n) is 9.59. The molecular formula is C12H12N4OS. The van der Waals surface area contributed by atoms with Gasteiger partial charge in [0.2, 0.25) is 0 Å². The van der Waals surface area contributed by atoms with Crippen molar-refractivity contribution < 1.29 is 4.79 Å². The molecule has 1 fully saturated rings. The first-order valence-electron chi connectivity index (χ1n) is 5.75. The Morgan fingerprint density at radius 2 is 2.33 bits per heavy atom. The lowest BCUT2D eigenvalue weighted by Gasteiger charge is -2.00. The molecule has 2 N–H and O–H groups in total. The standard InChI is InChI=1S/C12H12N4OS/c17-11(14-8-3-4-8)10-7-18-12(16-10)15-9-2-1-5-13-6-9/h1-2,5-8H,3-4H2,(H,14,17)(H,15,16). The van der Waals surface area contributed by atoms with E-state index in [1.165, 1.54) is 11.3 Å². The highest BCUT2D eigenvalue weighted by Gasteiger charge is 2.24. The molecule has 6 heteroatoms. The molecule has 1 aliphatic rings. The minimum Gasteiger partial charge on any atom is -0.348 e. The number of carbonyl (C=O) groups excluding carboxylic acids is 1. The molecule has 1 saturated carbocycles. The highest BCUT2D eigenvalue weighted by Crippen LogP contribution is 2.22. The molecule has 0 radical (unpaired) electrons. The quantitative estimate of drug-likeness (QED) is 0.884. The summed E-state index contributed by atoms with van der Waals surface area (Å²) in [5.41, 5.74) is 1.33. The lowest BCUT2D eigenvalue weighted by molar-refractivity contribution is 0.0947. The Hall–Kier alpha value is -1.95. The van der Waals surface area contributed by atoms with Crippen molar-refractivity contribution in [1.29, 1.82) is 0 Å². The molecule has 18 heavy (non-hydrogen) atoms. The van der Waals surface area contributed by atoms with Gasteiger partial charge in [0.05, 0.1) is 11.9 Å². The Morgan fingerprint density at radius 1 is 1.44 bits per heavy atom. The van der Waals surface area contributed by atoms with E-state index >= 15 is 0 Å². The maximum atomic E-state index is 11.8. The first-order chi connectivity index (χ1) is 8.81. The number of rotatable bonds is 4. The van der Waals surface area contributed by atoms with Crippen molar-refractivity contribution in [3.63, 3.8) is 0 Å². The zero-order chi connectivity index (χ0) is 12.4. The summed E-state index contributed by atoms with van der Waals surface area (Å²) in [5.74, 6) is -0.0898. The molecule has 0 saturated heterocycles. The maximum absolute atomic E-state index is 11.8. The lowest BCUT2D eigenvalue weighted by atomic mass is 10.4. The number of pyridine rings is 1. The Balaban J connectivity index is 1.67. The van der Waals surface area contributed by atoms with Gasteiger partial charge in [-0.1, -0.05) is 0 Å². The van der Waals surface area contributed by atoms with Gasteiger partial charge < -0.3 is 10.6 Å². The van der Waals surface area contributed by atoms with Crippen LogP contribution in [0.15, 0.2) is 29.9 Å². The fourth-order valence-corrected chi connectivity index (χ4v) is 2.19. The third-order valence-corrected chi connectivity index (χ3v) is 3.32. The van der Waals surface area contributed by atoms with Crippen LogP contribution >= 0.6 is 11.3 Å². The first-order valence-corrected chi connectivity index (χ1v) is 6.63. The number of hydrogen-bond donors (Lipinski definition) is 2.